The van der Waals surface area contributed by atoms with Crippen molar-refractivity contribution in [3.05, 3.63) is 12.1 Å². The summed E-state index contributed by atoms with van der Waals surface area (Å²) >= 11 is 0. The molecule has 17 heavy (non-hydrogen) atoms. The molecular weight excluding hydrogens is 220 g/mol. The molecule has 1 atom stereocenters. The largest absolute Gasteiger partial charge is 0.375 e. The summed E-state index contributed by atoms with van der Waals surface area (Å²) in [5.41, 5.74) is 0.661. The van der Waals surface area contributed by atoms with Crippen LogP contribution in [-0.2, 0) is 4.74 Å². The zero-order chi connectivity index (χ0) is 11.7. The maximum absolute atomic E-state index is 5.63. The van der Waals surface area contributed by atoms with Gasteiger partial charge < -0.3 is 9.64 Å². The Morgan fingerprint density at radius 3 is 3.29 bits per heavy atom. The van der Waals surface area contributed by atoms with E-state index in [0.29, 0.717) is 5.65 Å². The Hall–Kier alpha value is -1.76. The highest BCUT2D eigenvalue weighted by Gasteiger charge is 2.20. The van der Waals surface area contributed by atoms with E-state index >= 15 is 0 Å². The molecule has 2 aromatic heterocycles. The summed E-state index contributed by atoms with van der Waals surface area (Å²) in [6.45, 7) is 4.61. The summed E-state index contributed by atoms with van der Waals surface area (Å²) in [6.07, 6.45) is 1.30. The van der Waals surface area contributed by atoms with Crippen molar-refractivity contribution in [2.45, 2.75) is 19.4 Å². The van der Waals surface area contributed by atoms with Gasteiger partial charge in [0.05, 0.1) is 12.7 Å². The maximum Gasteiger partial charge on any atom is 0.200 e. The molecule has 2 aromatic rings. The van der Waals surface area contributed by atoms with Gasteiger partial charge in [0, 0.05) is 13.1 Å². The maximum atomic E-state index is 5.63. The first-order chi connectivity index (χ1) is 8.36. The number of tetrazole rings is 1. The van der Waals surface area contributed by atoms with Crippen LogP contribution in [0.15, 0.2) is 12.1 Å². The predicted molar refractivity (Wildman–Crippen MR) is 60.8 cm³/mol. The number of hydrogen-bond acceptors (Lipinski definition) is 6. The molecule has 0 spiro atoms. The normalized spacial score (nSPS) is 21.0. The highest BCUT2D eigenvalue weighted by molar-refractivity contribution is 5.44. The van der Waals surface area contributed by atoms with Crippen LogP contribution in [0.5, 0.6) is 0 Å². The van der Waals surface area contributed by atoms with Gasteiger partial charge in [0.2, 0.25) is 0 Å². The number of anilines is 1. The van der Waals surface area contributed by atoms with E-state index in [-0.39, 0.29) is 6.10 Å². The zero-order valence-electron chi connectivity index (χ0n) is 9.65. The second-order valence-electron chi connectivity index (χ2n) is 4.07. The molecule has 3 heterocycles. The van der Waals surface area contributed by atoms with Crippen molar-refractivity contribution < 1.29 is 4.74 Å². The molecule has 1 saturated heterocycles. The molecule has 0 N–H and O–H groups in total. The molecule has 0 saturated carbocycles. The summed E-state index contributed by atoms with van der Waals surface area (Å²) in [4.78, 5) is 2.21. The van der Waals surface area contributed by atoms with Crippen molar-refractivity contribution in [1.82, 2.24) is 25.3 Å². The van der Waals surface area contributed by atoms with Crippen LogP contribution in [0.2, 0.25) is 0 Å². The number of fused-ring (bicyclic) bond motifs is 1. The summed E-state index contributed by atoms with van der Waals surface area (Å²) < 4.78 is 7.08. The number of nitrogens with zero attached hydrogens (tertiary/aromatic N) is 6. The van der Waals surface area contributed by atoms with E-state index in [9.17, 15) is 0 Å². The van der Waals surface area contributed by atoms with Crippen LogP contribution in [0.25, 0.3) is 5.65 Å². The minimum atomic E-state index is 0.287. The fraction of sp³-hybridized carbons (Fsp3) is 0.600. The van der Waals surface area contributed by atoms with Crippen LogP contribution < -0.4 is 4.90 Å². The molecule has 7 nitrogen and oxygen atoms in total. The Balaban J connectivity index is 1.86. The van der Waals surface area contributed by atoms with Gasteiger partial charge >= 0.3 is 0 Å². The molecule has 7 heteroatoms. The van der Waals surface area contributed by atoms with Crippen LogP contribution in [0.1, 0.15) is 13.3 Å². The van der Waals surface area contributed by atoms with E-state index in [4.69, 9.17) is 4.74 Å². The average Bonchev–Trinajstić information content (AvgIpc) is 2.86. The van der Waals surface area contributed by atoms with Gasteiger partial charge in [0.1, 0.15) is 0 Å². The third kappa shape index (κ3) is 1.93. The summed E-state index contributed by atoms with van der Waals surface area (Å²) in [5, 5.41) is 15.6. The average molecular weight is 234 g/mol. The van der Waals surface area contributed by atoms with E-state index in [1.165, 1.54) is 4.63 Å². The predicted octanol–water partition coefficient (Wildman–Crippen LogP) is 0.134. The lowest BCUT2D eigenvalue weighted by Gasteiger charge is -2.32. The van der Waals surface area contributed by atoms with Gasteiger partial charge in [-0.05, 0) is 29.0 Å². The Morgan fingerprint density at radius 2 is 2.41 bits per heavy atom. The molecule has 1 fully saturated rings. The topological polar surface area (TPSA) is 68.4 Å². The molecule has 0 aromatic carbocycles. The fourth-order valence-electron chi connectivity index (χ4n) is 1.98. The second kappa shape index (κ2) is 4.25. The molecule has 3 rings (SSSR count). The lowest BCUT2D eigenvalue weighted by Crippen LogP contribution is -2.42. The highest BCUT2D eigenvalue weighted by Crippen LogP contribution is 2.16. The van der Waals surface area contributed by atoms with Gasteiger partial charge in [0.15, 0.2) is 11.5 Å². The van der Waals surface area contributed by atoms with E-state index in [0.717, 1.165) is 31.9 Å². The van der Waals surface area contributed by atoms with E-state index < -0.39 is 0 Å². The number of aromatic nitrogens is 5. The Kier molecular flexibility index (Phi) is 2.60. The molecule has 0 amide bonds. The Labute approximate surface area is 98.4 Å². The number of morpholine rings is 1. The van der Waals surface area contributed by atoms with Crippen LogP contribution in [-0.4, -0.2) is 51.1 Å². The first-order valence-electron chi connectivity index (χ1n) is 5.79. The van der Waals surface area contributed by atoms with E-state index in [1.54, 1.807) is 0 Å². The van der Waals surface area contributed by atoms with E-state index in [2.05, 4.69) is 32.4 Å². The van der Waals surface area contributed by atoms with Gasteiger partial charge in [-0.25, -0.2) is 0 Å². The van der Waals surface area contributed by atoms with Crippen molar-refractivity contribution in [1.29, 1.82) is 0 Å². The summed E-state index contributed by atoms with van der Waals surface area (Å²) in [5.74, 6) is 0.895. The zero-order valence-corrected chi connectivity index (χ0v) is 9.65. The first-order valence-corrected chi connectivity index (χ1v) is 5.79. The SMILES string of the molecule is CCC1CN(c2ccc3nnnn3n2)CCO1. The van der Waals surface area contributed by atoms with Crippen LogP contribution in [0.3, 0.4) is 0 Å². The second-order valence-corrected chi connectivity index (χ2v) is 4.07. The molecule has 1 aliphatic heterocycles. The van der Waals surface area contributed by atoms with Crippen LogP contribution in [0.4, 0.5) is 5.82 Å². The quantitative estimate of drug-likeness (QED) is 0.736. The molecule has 0 bridgehead atoms. The fourth-order valence-corrected chi connectivity index (χ4v) is 1.98. The lowest BCUT2D eigenvalue weighted by atomic mass is 10.2. The Bertz CT molecular complexity index is 512. The molecule has 90 valence electrons. The van der Waals surface area contributed by atoms with Crippen molar-refractivity contribution in [2.24, 2.45) is 0 Å². The number of hydrogen-bond donors (Lipinski definition) is 0. The third-order valence-electron chi connectivity index (χ3n) is 2.97. The molecule has 1 unspecified atom stereocenters. The van der Waals surface area contributed by atoms with E-state index in [1.807, 2.05) is 12.1 Å². The smallest absolute Gasteiger partial charge is 0.200 e. The summed E-state index contributed by atoms with van der Waals surface area (Å²) in [6, 6.07) is 3.82. The Morgan fingerprint density at radius 1 is 1.47 bits per heavy atom. The highest BCUT2D eigenvalue weighted by atomic mass is 16.5. The monoisotopic (exact) mass is 234 g/mol. The molecule has 1 aliphatic rings. The van der Waals surface area contributed by atoms with Crippen LogP contribution in [0, 0.1) is 0 Å². The van der Waals surface area contributed by atoms with Gasteiger partial charge in [-0.15, -0.1) is 14.8 Å². The molecular formula is C10H14N6O. The standard InChI is InChI=1S/C10H14N6O/c1-2-8-7-15(5-6-17-8)10-4-3-9-11-13-14-16(9)12-10/h3-4,8H,2,5-7H2,1H3. The summed E-state index contributed by atoms with van der Waals surface area (Å²) in [7, 11) is 0. The van der Waals surface area contributed by atoms with Crippen molar-refractivity contribution in [2.75, 3.05) is 24.6 Å². The van der Waals surface area contributed by atoms with Crippen molar-refractivity contribution in [3.8, 4) is 0 Å². The minimum absolute atomic E-state index is 0.287. The van der Waals surface area contributed by atoms with Crippen molar-refractivity contribution >= 4 is 11.5 Å². The minimum Gasteiger partial charge on any atom is -0.375 e. The first kappa shape index (κ1) is 10.4. The van der Waals surface area contributed by atoms with Crippen LogP contribution >= 0.6 is 0 Å². The van der Waals surface area contributed by atoms with Gasteiger partial charge in [-0.3, -0.25) is 0 Å². The number of ether oxygens (including phenoxy) is 1. The van der Waals surface area contributed by atoms with Gasteiger partial charge in [0.25, 0.3) is 0 Å². The molecule has 0 radical (unpaired) electrons. The molecule has 0 aliphatic carbocycles. The van der Waals surface area contributed by atoms with Gasteiger partial charge in [-0.1, -0.05) is 6.92 Å². The third-order valence-corrected chi connectivity index (χ3v) is 2.97. The van der Waals surface area contributed by atoms with Gasteiger partial charge in [-0.2, -0.15) is 0 Å². The lowest BCUT2D eigenvalue weighted by molar-refractivity contribution is 0.0381. The number of rotatable bonds is 2. The van der Waals surface area contributed by atoms with Crippen molar-refractivity contribution in [3.63, 3.8) is 0 Å².